The zero-order chi connectivity index (χ0) is 14.9. The minimum Gasteiger partial charge on any atom is -0.491 e. The highest BCUT2D eigenvalue weighted by Gasteiger charge is 2.15. The Labute approximate surface area is 128 Å². The van der Waals surface area contributed by atoms with Gasteiger partial charge < -0.3 is 20.1 Å². The number of ether oxygens (including phenoxy) is 2. The van der Waals surface area contributed by atoms with Gasteiger partial charge in [0, 0.05) is 24.9 Å². The van der Waals surface area contributed by atoms with Gasteiger partial charge in [0.05, 0.1) is 6.61 Å². The summed E-state index contributed by atoms with van der Waals surface area (Å²) in [7, 11) is 1.68. The fourth-order valence-electron chi connectivity index (χ4n) is 2.79. The number of nitrogens with one attached hydrogen (secondary N) is 2. The highest BCUT2D eigenvalue weighted by Crippen LogP contribution is 2.18. The number of benzene rings is 1. The molecule has 0 saturated carbocycles. The van der Waals surface area contributed by atoms with Crippen molar-refractivity contribution in [2.24, 2.45) is 0 Å². The highest BCUT2D eigenvalue weighted by atomic mass is 16.5. The molecular formula is C17H28N2O2. The van der Waals surface area contributed by atoms with Gasteiger partial charge >= 0.3 is 0 Å². The zero-order valence-corrected chi connectivity index (χ0v) is 13.2. The Balaban J connectivity index is 1.73. The molecule has 0 aromatic heterocycles. The molecule has 1 fully saturated rings. The molecule has 2 unspecified atom stereocenters. The molecule has 2 atom stereocenters. The second kappa shape index (κ2) is 8.90. The molecule has 0 radical (unpaired) electrons. The van der Waals surface area contributed by atoms with Gasteiger partial charge in [0.25, 0.3) is 0 Å². The van der Waals surface area contributed by atoms with Crippen molar-refractivity contribution in [1.29, 1.82) is 0 Å². The summed E-state index contributed by atoms with van der Waals surface area (Å²) in [6, 6.07) is 9.30. The summed E-state index contributed by atoms with van der Waals surface area (Å²) in [4.78, 5) is 0. The molecule has 1 aliphatic rings. The maximum Gasteiger partial charge on any atom is 0.119 e. The first-order valence-electron chi connectivity index (χ1n) is 7.99. The predicted octanol–water partition coefficient (Wildman–Crippen LogP) is 3.04. The van der Waals surface area contributed by atoms with E-state index >= 15 is 0 Å². The lowest BCUT2D eigenvalue weighted by atomic mass is 9.99. The second-order valence-corrected chi connectivity index (χ2v) is 5.79. The van der Waals surface area contributed by atoms with Crippen LogP contribution in [0.15, 0.2) is 24.3 Å². The fraction of sp³-hybridized carbons (Fsp3) is 0.647. The summed E-state index contributed by atoms with van der Waals surface area (Å²) < 4.78 is 10.5. The third-order valence-electron chi connectivity index (χ3n) is 3.87. The lowest BCUT2D eigenvalue weighted by Crippen LogP contribution is -2.37. The van der Waals surface area contributed by atoms with Crippen LogP contribution in [0.2, 0.25) is 0 Å². The van der Waals surface area contributed by atoms with Gasteiger partial charge in [0.15, 0.2) is 0 Å². The van der Waals surface area contributed by atoms with E-state index in [1.165, 1.54) is 32.2 Å². The minimum atomic E-state index is 0.473. The highest BCUT2D eigenvalue weighted by molar-refractivity contribution is 5.47. The standard InChI is InChI=1S/C17H28N2O2/c1-14(13-16-5-3-4-10-18-16)19-15-6-8-17(9-7-15)21-12-11-20-2/h6-9,14,16,18-19H,3-5,10-13H2,1-2H3. The average Bonchev–Trinajstić information content (AvgIpc) is 2.50. The average molecular weight is 292 g/mol. The quantitative estimate of drug-likeness (QED) is 0.723. The lowest BCUT2D eigenvalue weighted by Gasteiger charge is -2.27. The van der Waals surface area contributed by atoms with E-state index in [0.29, 0.717) is 25.3 Å². The molecule has 2 rings (SSSR count). The van der Waals surface area contributed by atoms with E-state index in [2.05, 4.69) is 29.7 Å². The van der Waals surface area contributed by atoms with Crippen molar-refractivity contribution in [2.45, 2.75) is 44.7 Å². The molecule has 2 N–H and O–H groups in total. The number of methoxy groups -OCH3 is 1. The maximum absolute atomic E-state index is 5.57. The Bertz CT molecular complexity index is 388. The van der Waals surface area contributed by atoms with Crippen LogP contribution in [0.5, 0.6) is 5.75 Å². The third-order valence-corrected chi connectivity index (χ3v) is 3.87. The van der Waals surface area contributed by atoms with Crippen LogP contribution in [0.25, 0.3) is 0 Å². The van der Waals surface area contributed by atoms with Crippen LogP contribution in [-0.2, 0) is 4.74 Å². The first-order valence-corrected chi connectivity index (χ1v) is 7.99. The van der Waals surface area contributed by atoms with Crippen molar-refractivity contribution in [2.75, 3.05) is 32.2 Å². The molecular weight excluding hydrogens is 264 g/mol. The molecule has 21 heavy (non-hydrogen) atoms. The third kappa shape index (κ3) is 5.94. The van der Waals surface area contributed by atoms with Crippen molar-refractivity contribution >= 4 is 5.69 Å². The summed E-state index contributed by atoms with van der Waals surface area (Å²) >= 11 is 0. The number of piperidine rings is 1. The Morgan fingerprint density at radius 1 is 1.24 bits per heavy atom. The molecule has 0 bridgehead atoms. The lowest BCUT2D eigenvalue weighted by molar-refractivity contribution is 0.146. The number of anilines is 1. The molecule has 1 aromatic rings. The van der Waals surface area contributed by atoms with E-state index in [-0.39, 0.29) is 0 Å². The monoisotopic (exact) mass is 292 g/mol. The van der Waals surface area contributed by atoms with Gasteiger partial charge in [-0.2, -0.15) is 0 Å². The molecule has 1 aromatic carbocycles. The van der Waals surface area contributed by atoms with Crippen molar-refractivity contribution in [1.82, 2.24) is 5.32 Å². The molecule has 1 saturated heterocycles. The molecule has 118 valence electrons. The van der Waals surface area contributed by atoms with Crippen LogP contribution in [0.1, 0.15) is 32.6 Å². The minimum absolute atomic E-state index is 0.473. The number of rotatable bonds is 8. The van der Waals surface area contributed by atoms with E-state index in [4.69, 9.17) is 9.47 Å². The van der Waals surface area contributed by atoms with Crippen LogP contribution in [0.4, 0.5) is 5.69 Å². The number of hydrogen-bond donors (Lipinski definition) is 2. The molecule has 0 amide bonds. The largest absolute Gasteiger partial charge is 0.491 e. The van der Waals surface area contributed by atoms with E-state index in [1.807, 2.05) is 12.1 Å². The van der Waals surface area contributed by atoms with Gasteiger partial charge in [-0.1, -0.05) is 6.42 Å². The van der Waals surface area contributed by atoms with Gasteiger partial charge in [0.2, 0.25) is 0 Å². The van der Waals surface area contributed by atoms with Crippen molar-refractivity contribution in [3.05, 3.63) is 24.3 Å². The summed E-state index contributed by atoms with van der Waals surface area (Å²) in [5, 5.41) is 7.17. The van der Waals surface area contributed by atoms with Gasteiger partial charge in [-0.15, -0.1) is 0 Å². The first-order chi connectivity index (χ1) is 10.3. The topological polar surface area (TPSA) is 42.5 Å². The van der Waals surface area contributed by atoms with Crippen molar-refractivity contribution in [3.8, 4) is 5.75 Å². The molecule has 1 heterocycles. The molecule has 0 aliphatic carbocycles. The summed E-state index contributed by atoms with van der Waals surface area (Å²) in [5.74, 6) is 0.888. The van der Waals surface area contributed by atoms with Crippen molar-refractivity contribution < 1.29 is 9.47 Å². The van der Waals surface area contributed by atoms with E-state index < -0.39 is 0 Å². The fourth-order valence-corrected chi connectivity index (χ4v) is 2.79. The van der Waals surface area contributed by atoms with Gasteiger partial charge in [-0.3, -0.25) is 0 Å². The van der Waals surface area contributed by atoms with E-state index in [1.54, 1.807) is 7.11 Å². The molecule has 4 heteroatoms. The predicted molar refractivity (Wildman–Crippen MR) is 87.2 cm³/mol. The van der Waals surface area contributed by atoms with Crippen LogP contribution in [0, 0.1) is 0 Å². The van der Waals surface area contributed by atoms with Crippen molar-refractivity contribution in [3.63, 3.8) is 0 Å². The van der Waals surface area contributed by atoms with Crippen LogP contribution >= 0.6 is 0 Å². The Morgan fingerprint density at radius 3 is 2.71 bits per heavy atom. The molecule has 1 aliphatic heterocycles. The van der Waals surface area contributed by atoms with E-state index in [0.717, 1.165) is 11.4 Å². The zero-order valence-electron chi connectivity index (χ0n) is 13.2. The summed E-state index contributed by atoms with van der Waals surface area (Å²) in [6.07, 6.45) is 5.16. The molecule has 4 nitrogen and oxygen atoms in total. The van der Waals surface area contributed by atoms with Gasteiger partial charge in [-0.05, 0) is 57.0 Å². The molecule has 0 spiro atoms. The van der Waals surface area contributed by atoms with Crippen LogP contribution in [0.3, 0.4) is 0 Å². The van der Waals surface area contributed by atoms with Crippen LogP contribution in [-0.4, -0.2) is 39.0 Å². The Hall–Kier alpha value is -1.26. The SMILES string of the molecule is COCCOc1ccc(NC(C)CC2CCCCN2)cc1. The summed E-state index contributed by atoms with van der Waals surface area (Å²) in [5.41, 5.74) is 1.15. The van der Waals surface area contributed by atoms with Crippen LogP contribution < -0.4 is 15.4 Å². The van der Waals surface area contributed by atoms with Gasteiger partial charge in [0.1, 0.15) is 12.4 Å². The van der Waals surface area contributed by atoms with E-state index in [9.17, 15) is 0 Å². The normalized spacial score (nSPS) is 20.0. The maximum atomic E-state index is 5.57. The second-order valence-electron chi connectivity index (χ2n) is 5.79. The number of hydrogen-bond acceptors (Lipinski definition) is 4. The first kappa shape index (κ1) is 16.1. The van der Waals surface area contributed by atoms with Gasteiger partial charge in [-0.25, -0.2) is 0 Å². The Kier molecular flexibility index (Phi) is 6.83. The summed E-state index contributed by atoms with van der Waals surface area (Å²) in [6.45, 7) is 4.63. The Morgan fingerprint density at radius 2 is 2.05 bits per heavy atom. The smallest absolute Gasteiger partial charge is 0.119 e.